The topological polar surface area (TPSA) is 41.1 Å². The zero-order valence-corrected chi connectivity index (χ0v) is 12.2. The van der Waals surface area contributed by atoms with Crippen molar-refractivity contribution >= 4 is 17.5 Å². The van der Waals surface area contributed by atoms with E-state index in [1.54, 1.807) is 24.3 Å². The number of amides is 1. The number of hydrogen-bond donors (Lipinski definition) is 2. The quantitative estimate of drug-likeness (QED) is 0.861. The Bertz CT molecular complexity index is 619. The highest BCUT2D eigenvalue weighted by atomic mass is 35.5. The van der Waals surface area contributed by atoms with Gasteiger partial charge in [-0.1, -0.05) is 48.0 Å². The summed E-state index contributed by atoms with van der Waals surface area (Å²) in [5.41, 5.74) is 1.40. The minimum absolute atomic E-state index is 0.152. The lowest BCUT2D eigenvalue weighted by molar-refractivity contribution is -0.120. The summed E-state index contributed by atoms with van der Waals surface area (Å²) in [6.45, 7) is 0.839. The highest BCUT2D eigenvalue weighted by Gasteiger charge is 2.05. The van der Waals surface area contributed by atoms with Crippen LogP contribution >= 0.6 is 11.6 Å². The normalized spacial score (nSPS) is 10.4. The molecule has 2 aromatic carbocycles. The van der Waals surface area contributed by atoms with Crippen molar-refractivity contribution in [1.29, 1.82) is 0 Å². The van der Waals surface area contributed by atoms with Crippen LogP contribution in [-0.4, -0.2) is 12.5 Å². The van der Waals surface area contributed by atoms with E-state index in [0.717, 1.165) is 5.56 Å². The SMILES string of the molecule is O=C(CNCc1ccccc1Cl)NCc1ccccc1F. The van der Waals surface area contributed by atoms with Gasteiger partial charge in [0.1, 0.15) is 5.82 Å². The Morgan fingerprint density at radius 2 is 1.67 bits per heavy atom. The summed E-state index contributed by atoms with van der Waals surface area (Å²) in [6.07, 6.45) is 0. The van der Waals surface area contributed by atoms with Gasteiger partial charge in [0.2, 0.25) is 5.91 Å². The lowest BCUT2D eigenvalue weighted by Crippen LogP contribution is -2.33. The van der Waals surface area contributed by atoms with Crippen molar-refractivity contribution < 1.29 is 9.18 Å². The summed E-state index contributed by atoms with van der Waals surface area (Å²) in [7, 11) is 0. The number of carbonyl (C=O) groups excluding carboxylic acids is 1. The van der Waals surface area contributed by atoms with Gasteiger partial charge in [-0.05, 0) is 17.7 Å². The van der Waals surface area contributed by atoms with E-state index in [2.05, 4.69) is 10.6 Å². The summed E-state index contributed by atoms with van der Waals surface area (Å²) in [4.78, 5) is 11.7. The number of carbonyl (C=O) groups is 1. The molecule has 0 unspecified atom stereocenters. The molecule has 0 aromatic heterocycles. The van der Waals surface area contributed by atoms with Crippen LogP contribution < -0.4 is 10.6 Å². The van der Waals surface area contributed by atoms with Gasteiger partial charge in [0.15, 0.2) is 0 Å². The predicted octanol–water partition coefficient (Wildman–Crippen LogP) is 2.89. The Kier molecular flexibility index (Phi) is 5.72. The first-order valence-corrected chi connectivity index (χ1v) is 6.99. The fraction of sp³-hybridized carbons (Fsp3) is 0.188. The van der Waals surface area contributed by atoms with Crippen molar-refractivity contribution in [2.75, 3.05) is 6.54 Å². The lowest BCUT2D eigenvalue weighted by atomic mass is 10.2. The molecule has 0 fully saturated rings. The average Bonchev–Trinajstić information content (AvgIpc) is 2.48. The minimum atomic E-state index is -0.318. The Hall–Kier alpha value is -1.91. The predicted molar refractivity (Wildman–Crippen MR) is 81.4 cm³/mol. The van der Waals surface area contributed by atoms with E-state index in [1.165, 1.54) is 6.07 Å². The Morgan fingerprint density at radius 1 is 1.00 bits per heavy atom. The molecule has 0 heterocycles. The first-order valence-electron chi connectivity index (χ1n) is 6.61. The molecular formula is C16H16ClFN2O. The monoisotopic (exact) mass is 306 g/mol. The first kappa shape index (κ1) is 15.5. The molecule has 0 aliphatic rings. The van der Waals surface area contributed by atoms with Gasteiger partial charge in [0, 0.05) is 23.7 Å². The molecule has 110 valence electrons. The third kappa shape index (κ3) is 4.85. The van der Waals surface area contributed by atoms with Crippen LogP contribution in [0.2, 0.25) is 5.02 Å². The summed E-state index contributed by atoms with van der Waals surface area (Å²) in [5, 5.41) is 6.33. The molecule has 0 saturated heterocycles. The Labute approximate surface area is 128 Å². The van der Waals surface area contributed by atoms with Crippen molar-refractivity contribution in [1.82, 2.24) is 10.6 Å². The van der Waals surface area contributed by atoms with Gasteiger partial charge in [-0.2, -0.15) is 0 Å². The van der Waals surface area contributed by atoms with Crippen LogP contribution in [0.5, 0.6) is 0 Å². The van der Waals surface area contributed by atoms with Gasteiger partial charge in [0.05, 0.1) is 6.54 Å². The number of nitrogens with one attached hydrogen (secondary N) is 2. The fourth-order valence-corrected chi connectivity index (χ4v) is 2.05. The van der Waals surface area contributed by atoms with Gasteiger partial charge < -0.3 is 10.6 Å². The maximum absolute atomic E-state index is 13.4. The summed E-state index contributed by atoms with van der Waals surface area (Å²) in [6, 6.07) is 13.8. The Morgan fingerprint density at radius 3 is 2.38 bits per heavy atom. The van der Waals surface area contributed by atoms with Crippen LogP contribution in [0.3, 0.4) is 0 Å². The second kappa shape index (κ2) is 7.76. The Balaban J connectivity index is 1.73. The largest absolute Gasteiger partial charge is 0.351 e. The van der Waals surface area contributed by atoms with Crippen LogP contribution in [0.15, 0.2) is 48.5 Å². The van der Waals surface area contributed by atoms with Crippen molar-refractivity contribution in [3.63, 3.8) is 0 Å². The molecule has 1 amide bonds. The summed E-state index contributed by atoms with van der Waals surface area (Å²) >= 11 is 6.02. The summed E-state index contributed by atoms with van der Waals surface area (Å²) < 4.78 is 13.4. The number of benzene rings is 2. The van der Waals surface area contributed by atoms with E-state index in [0.29, 0.717) is 17.1 Å². The van der Waals surface area contributed by atoms with E-state index < -0.39 is 0 Å². The lowest BCUT2D eigenvalue weighted by Gasteiger charge is -2.08. The molecule has 5 heteroatoms. The third-order valence-corrected chi connectivity index (χ3v) is 3.36. The maximum Gasteiger partial charge on any atom is 0.234 e. The third-order valence-electron chi connectivity index (χ3n) is 2.99. The van der Waals surface area contributed by atoms with Gasteiger partial charge in [-0.25, -0.2) is 4.39 Å². The van der Waals surface area contributed by atoms with Crippen LogP contribution in [-0.2, 0) is 17.9 Å². The van der Waals surface area contributed by atoms with Crippen LogP contribution in [0.25, 0.3) is 0 Å². The molecule has 0 bridgehead atoms. The van der Waals surface area contributed by atoms with Crippen LogP contribution in [0, 0.1) is 5.82 Å². The standard InChI is InChI=1S/C16H16ClFN2O/c17-14-7-3-1-5-12(14)9-19-11-16(21)20-10-13-6-2-4-8-15(13)18/h1-8,19H,9-11H2,(H,20,21). The first-order chi connectivity index (χ1) is 10.2. The number of hydrogen-bond acceptors (Lipinski definition) is 2. The van der Waals surface area contributed by atoms with Crippen molar-refractivity contribution in [2.24, 2.45) is 0 Å². The number of halogens is 2. The highest BCUT2D eigenvalue weighted by molar-refractivity contribution is 6.31. The smallest absolute Gasteiger partial charge is 0.234 e. The molecule has 0 aliphatic carbocycles. The molecule has 2 aromatic rings. The van der Waals surface area contributed by atoms with Crippen molar-refractivity contribution in [3.05, 3.63) is 70.5 Å². The van der Waals surface area contributed by atoms with E-state index in [9.17, 15) is 9.18 Å². The van der Waals surface area contributed by atoms with Crippen LogP contribution in [0.4, 0.5) is 4.39 Å². The highest BCUT2D eigenvalue weighted by Crippen LogP contribution is 2.14. The molecule has 21 heavy (non-hydrogen) atoms. The van der Waals surface area contributed by atoms with E-state index >= 15 is 0 Å². The molecule has 2 rings (SSSR count). The minimum Gasteiger partial charge on any atom is -0.351 e. The van der Waals surface area contributed by atoms with Gasteiger partial charge in [-0.3, -0.25) is 4.79 Å². The van der Waals surface area contributed by atoms with Gasteiger partial charge in [0.25, 0.3) is 0 Å². The van der Waals surface area contributed by atoms with E-state index in [1.807, 2.05) is 18.2 Å². The van der Waals surface area contributed by atoms with Gasteiger partial charge >= 0.3 is 0 Å². The molecule has 3 nitrogen and oxygen atoms in total. The van der Waals surface area contributed by atoms with E-state index in [-0.39, 0.29) is 24.8 Å². The maximum atomic E-state index is 13.4. The van der Waals surface area contributed by atoms with Crippen LogP contribution in [0.1, 0.15) is 11.1 Å². The second-order valence-electron chi connectivity index (χ2n) is 4.56. The molecule has 0 atom stereocenters. The van der Waals surface area contributed by atoms with Crippen molar-refractivity contribution in [3.8, 4) is 0 Å². The van der Waals surface area contributed by atoms with E-state index in [4.69, 9.17) is 11.6 Å². The molecule has 2 N–H and O–H groups in total. The molecule has 0 radical (unpaired) electrons. The molecule has 0 saturated carbocycles. The zero-order chi connectivity index (χ0) is 15.1. The average molecular weight is 307 g/mol. The fourth-order valence-electron chi connectivity index (χ4n) is 1.85. The summed E-state index contributed by atoms with van der Waals surface area (Å²) in [5.74, 6) is -0.507. The molecule has 0 aliphatic heterocycles. The molecule has 0 spiro atoms. The zero-order valence-electron chi connectivity index (χ0n) is 11.4. The van der Waals surface area contributed by atoms with Gasteiger partial charge in [-0.15, -0.1) is 0 Å². The second-order valence-corrected chi connectivity index (χ2v) is 4.97. The van der Waals surface area contributed by atoms with Crippen molar-refractivity contribution in [2.45, 2.75) is 13.1 Å². The molecular weight excluding hydrogens is 291 g/mol. The number of rotatable bonds is 6.